The van der Waals surface area contributed by atoms with Crippen LogP contribution in [0.4, 0.5) is 16.2 Å². The summed E-state index contributed by atoms with van der Waals surface area (Å²) in [5, 5.41) is 0. The molecule has 0 saturated heterocycles. The van der Waals surface area contributed by atoms with Crippen LogP contribution < -0.4 is 10.6 Å². The molecule has 0 spiro atoms. The van der Waals surface area contributed by atoms with E-state index in [9.17, 15) is 4.79 Å². The maximum atomic E-state index is 12.4. The van der Waals surface area contributed by atoms with Crippen LogP contribution in [0.3, 0.4) is 0 Å². The minimum absolute atomic E-state index is 0.561. The van der Waals surface area contributed by atoms with Crippen molar-refractivity contribution in [2.24, 2.45) is 5.73 Å². The number of carbonyl (C=O) groups is 1. The number of aromatic nitrogens is 4. The van der Waals surface area contributed by atoms with Gasteiger partial charge in [0.1, 0.15) is 11.6 Å². The molecule has 0 aliphatic carbocycles. The van der Waals surface area contributed by atoms with Crippen molar-refractivity contribution in [3.05, 3.63) is 96.1 Å². The van der Waals surface area contributed by atoms with Crippen molar-refractivity contribution in [2.45, 2.75) is 13.8 Å². The molecular formula is C29H24N6O. The van der Waals surface area contributed by atoms with Crippen molar-refractivity contribution in [3.8, 4) is 22.8 Å². The van der Waals surface area contributed by atoms with Gasteiger partial charge in [-0.2, -0.15) is 0 Å². The van der Waals surface area contributed by atoms with Crippen LogP contribution in [0.25, 0.3) is 44.8 Å². The van der Waals surface area contributed by atoms with E-state index in [0.717, 1.165) is 56.0 Å². The molecule has 0 atom stereocenters. The standard InChI is InChI=1S/C29H24N6O/c1-17-5-3-7-23-25(17)33-27(31-23)19-9-13-21(14-10-19)35(29(30)36)22-15-11-20(12-16-22)28-32-24-8-4-6-18(2)26(24)34-28/h3-16H,1-2H3,(H2,30,36)(H,31,33)(H,32,34). The van der Waals surface area contributed by atoms with Gasteiger partial charge in [-0.05, 0) is 85.6 Å². The summed E-state index contributed by atoms with van der Waals surface area (Å²) in [5.41, 5.74) is 15.1. The Hall–Kier alpha value is -4.91. The zero-order valence-corrected chi connectivity index (χ0v) is 19.9. The van der Waals surface area contributed by atoms with Gasteiger partial charge in [-0.1, -0.05) is 24.3 Å². The highest BCUT2D eigenvalue weighted by molar-refractivity contribution is 5.99. The molecule has 0 bridgehead atoms. The van der Waals surface area contributed by atoms with Crippen molar-refractivity contribution in [1.29, 1.82) is 0 Å². The second kappa shape index (κ2) is 8.39. The molecule has 0 fully saturated rings. The van der Waals surface area contributed by atoms with E-state index < -0.39 is 6.03 Å². The molecule has 2 heterocycles. The summed E-state index contributed by atoms with van der Waals surface area (Å²) >= 11 is 0. The maximum absolute atomic E-state index is 12.4. The monoisotopic (exact) mass is 472 g/mol. The number of aromatic amines is 2. The Morgan fingerprint density at radius 1 is 0.667 bits per heavy atom. The van der Waals surface area contributed by atoms with Crippen LogP contribution in [0, 0.1) is 13.8 Å². The average molecular weight is 473 g/mol. The number of imidazole rings is 2. The molecule has 6 aromatic rings. The number of aryl methyl sites for hydroxylation is 2. The summed E-state index contributed by atoms with van der Waals surface area (Å²) in [6.45, 7) is 4.09. The number of hydrogen-bond acceptors (Lipinski definition) is 3. The molecule has 0 saturated carbocycles. The first-order valence-corrected chi connectivity index (χ1v) is 11.7. The molecule has 7 nitrogen and oxygen atoms in total. The van der Waals surface area contributed by atoms with Gasteiger partial charge in [-0.3, -0.25) is 4.90 Å². The number of primary amides is 1. The Labute approximate surface area is 207 Å². The van der Waals surface area contributed by atoms with E-state index in [2.05, 4.69) is 9.97 Å². The topological polar surface area (TPSA) is 104 Å². The Balaban J connectivity index is 1.30. The number of amides is 2. The maximum Gasteiger partial charge on any atom is 0.323 e. The second-order valence-corrected chi connectivity index (χ2v) is 8.88. The number of H-pyrrole nitrogens is 2. The number of para-hydroxylation sites is 2. The lowest BCUT2D eigenvalue weighted by atomic mass is 10.1. The highest BCUT2D eigenvalue weighted by Gasteiger charge is 2.17. The first-order valence-electron chi connectivity index (χ1n) is 11.7. The van der Waals surface area contributed by atoms with Crippen LogP contribution in [-0.2, 0) is 0 Å². The van der Waals surface area contributed by atoms with Gasteiger partial charge in [0.05, 0.1) is 33.4 Å². The number of nitrogens with two attached hydrogens (primary N) is 1. The third kappa shape index (κ3) is 3.67. The normalized spacial score (nSPS) is 11.3. The predicted octanol–water partition coefficient (Wildman–Crippen LogP) is 6.61. The average Bonchev–Trinajstić information content (AvgIpc) is 3.51. The van der Waals surface area contributed by atoms with E-state index >= 15 is 0 Å². The minimum atomic E-state index is -0.561. The number of nitrogens with zero attached hydrogens (tertiary/aromatic N) is 3. The number of rotatable bonds is 4. The Bertz CT molecular complexity index is 1600. The largest absolute Gasteiger partial charge is 0.351 e. The molecule has 176 valence electrons. The first kappa shape index (κ1) is 21.6. The Kier molecular flexibility index (Phi) is 5.04. The van der Waals surface area contributed by atoms with Crippen LogP contribution in [-0.4, -0.2) is 26.0 Å². The molecule has 2 aromatic heterocycles. The van der Waals surface area contributed by atoms with Crippen molar-refractivity contribution in [3.63, 3.8) is 0 Å². The lowest BCUT2D eigenvalue weighted by Crippen LogP contribution is -2.31. The van der Waals surface area contributed by atoms with Crippen LogP contribution in [0.5, 0.6) is 0 Å². The van der Waals surface area contributed by atoms with Crippen molar-refractivity contribution in [1.82, 2.24) is 19.9 Å². The quantitative estimate of drug-likeness (QED) is 0.269. The van der Waals surface area contributed by atoms with Gasteiger partial charge >= 0.3 is 6.03 Å². The van der Waals surface area contributed by atoms with Crippen LogP contribution in [0.1, 0.15) is 11.1 Å². The van der Waals surface area contributed by atoms with Crippen molar-refractivity contribution >= 4 is 39.5 Å². The highest BCUT2D eigenvalue weighted by atomic mass is 16.2. The summed E-state index contributed by atoms with van der Waals surface area (Å²) in [7, 11) is 0. The van der Waals surface area contributed by atoms with Gasteiger partial charge in [-0.25, -0.2) is 14.8 Å². The number of urea groups is 1. The minimum Gasteiger partial charge on any atom is -0.351 e. The molecule has 6 rings (SSSR count). The third-order valence-electron chi connectivity index (χ3n) is 6.45. The van der Waals surface area contributed by atoms with E-state index in [1.165, 1.54) is 4.90 Å². The molecule has 0 unspecified atom stereocenters. The van der Waals surface area contributed by atoms with E-state index in [4.69, 9.17) is 15.7 Å². The first-order chi connectivity index (χ1) is 17.5. The van der Waals surface area contributed by atoms with Crippen LogP contribution >= 0.6 is 0 Å². The lowest BCUT2D eigenvalue weighted by Gasteiger charge is -2.21. The number of carbonyl (C=O) groups excluding carboxylic acids is 1. The predicted molar refractivity (Wildman–Crippen MR) is 144 cm³/mol. The Morgan fingerprint density at radius 3 is 1.44 bits per heavy atom. The van der Waals surface area contributed by atoms with Crippen LogP contribution in [0.15, 0.2) is 84.9 Å². The van der Waals surface area contributed by atoms with E-state index in [1.54, 1.807) is 0 Å². The molecule has 4 N–H and O–H groups in total. The number of hydrogen-bond donors (Lipinski definition) is 3. The fraction of sp³-hybridized carbons (Fsp3) is 0.0690. The SMILES string of the molecule is Cc1cccc2[nH]c(-c3ccc(N(C(N)=O)c4ccc(-c5nc6c(C)cccc6[nH]5)cc4)cc3)nc12. The lowest BCUT2D eigenvalue weighted by molar-refractivity contribution is 0.256. The fourth-order valence-electron chi connectivity index (χ4n) is 4.56. The number of fused-ring (bicyclic) bond motifs is 2. The van der Waals surface area contributed by atoms with Gasteiger partial charge in [-0.15, -0.1) is 0 Å². The molecular weight excluding hydrogens is 448 g/mol. The number of benzene rings is 4. The van der Waals surface area contributed by atoms with Crippen LogP contribution in [0.2, 0.25) is 0 Å². The van der Waals surface area contributed by atoms with Crippen molar-refractivity contribution < 1.29 is 4.79 Å². The van der Waals surface area contributed by atoms with Crippen molar-refractivity contribution in [2.75, 3.05) is 4.90 Å². The van der Waals surface area contributed by atoms with Gasteiger partial charge in [0.15, 0.2) is 0 Å². The molecule has 0 aliphatic rings. The molecule has 0 radical (unpaired) electrons. The van der Waals surface area contributed by atoms with Gasteiger partial charge in [0, 0.05) is 11.1 Å². The van der Waals surface area contributed by atoms with Gasteiger partial charge in [0.25, 0.3) is 0 Å². The molecule has 7 heteroatoms. The smallest absolute Gasteiger partial charge is 0.323 e. The summed E-state index contributed by atoms with van der Waals surface area (Å²) in [5.74, 6) is 1.56. The number of nitrogens with one attached hydrogen (secondary N) is 2. The van der Waals surface area contributed by atoms with Gasteiger partial charge in [0.2, 0.25) is 0 Å². The van der Waals surface area contributed by atoms with E-state index in [-0.39, 0.29) is 0 Å². The second-order valence-electron chi connectivity index (χ2n) is 8.88. The summed E-state index contributed by atoms with van der Waals surface area (Å²) in [6, 6.07) is 26.8. The Morgan fingerprint density at radius 2 is 1.08 bits per heavy atom. The van der Waals surface area contributed by atoms with E-state index in [0.29, 0.717) is 11.4 Å². The summed E-state index contributed by atoms with van der Waals surface area (Å²) < 4.78 is 0. The molecule has 0 aliphatic heterocycles. The zero-order chi connectivity index (χ0) is 24.8. The van der Waals surface area contributed by atoms with E-state index in [1.807, 2.05) is 98.8 Å². The number of anilines is 2. The van der Waals surface area contributed by atoms with Gasteiger partial charge < -0.3 is 15.7 Å². The summed E-state index contributed by atoms with van der Waals surface area (Å²) in [4.78, 5) is 30.1. The molecule has 2 amide bonds. The third-order valence-corrected chi connectivity index (χ3v) is 6.45. The molecule has 4 aromatic carbocycles. The fourth-order valence-corrected chi connectivity index (χ4v) is 4.56. The summed E-state index contributed by atoms with van der Waals surface area (Å²) in [6.07, 6.45) is 0. The highest BCUT2D eigenvalue weighted by Crippen LogP contribution is 2.31. The zero-order valence-electron chi connectivity index (χ0n) is 19.9. The molecule has 36 heavy (non-hydrogen) atoms.